The van der Waals surface area contributed by atoms with Gasteiger partial charge < -0.3 is 24.8 Å². The molecule has 2 heterocycles. The Bertz CT molecular complexity index is 1880. The molecule has 0 amide bonds. The molecule has 2 aliphatic heterocycles. The van der Waals surface area contributed by atoms with Crippen LogP contribution in [0.25, 0.3) is 32.7 Å². The summed E-state index contributed by atoms with van der Waals surface area (Å²) in [4.78, 5) is 0. The summed E-state index contributed by atoms with van der Waals surface area (Å²) in [7, 11) is 2.75. The zero-order chi connectivity index (χ0) is 27.4. The predicted molar refractivity (Wildman–Crippen MR) is 181 cm³/mol. The van der Waals surface area contributed by atoms with E-state index in [1.807, 2.05) is 0 Å². The number of hydrogen-bond acceptors (Lipinski definition) is 0. The molecular weight excluding hydrogens is 680 g/mol. The molecule has 0 saturated heterocycles. The Morgan fingerprint density at radius 3 is 1.23 bits per heavy atom. The van der Waals surface area contributed by atoms with Crippen LogP contribution < -0.4 is 24.8 Å². The van der Waals surface area contributed by atoms with E-state index >= 15 is 0 Å². The predicted octanol–water partition coefficient (Wildman–Crippen LogP) is 5.18. The molecule has 8 rings (SSSR count). The van der Waals surface area contributed by atoms with E-state index in [1.54, 1.807) is 0 Å². The third-order valence-corrected chi connectivity index (χ3v) is 10.9. The second-order valence-corrected chi connectivity index (χ2v) is 13.4. The van der Waals surface area contributed by atoms with Gasteiger partial charge >= 0.3 is 26.2 Å². The summed E-state index contributed by atoms with van der Waals surface area (Å²) in [5.74, 6) is 0. The maximum Gasteiger partial charge on any atom is 2.00 e. The molecule has 2 aliphatic carbocycles. The smallest absolute Gasteiger partial charge is 1.00 e. The van der Waals surface area contributed by atoms with E-state index in [9.17, 15) is 0 Å². The zero-order valence-electron chi connectivity index (χ0n) is 24.5. The first-order chi connectivity index (χ1) is 19.5. The van der Waals surface area contributed by atoms with E-state index in [4.69, 9.17) is 0 Å². The minimum absolute atomic E-state index is 0. The standard InChI is InChI=1S/2C19H15P.2ClH.Zr/c2*1-12-10-11-17-18(13(2)20-19(12)17)16-9-5-7-14-6-3-4-8-15(14)16;;;/h2*3-11H,1-2H3;2*1H;/q;;;;+2/p-2. The third kappa shape index (κ3) is 5.89. The fourth-order valence-electron chi connectivity index (χ4n) is 6.26. The topological polar surface area (TPSA) is 0 Å². The van der Waals surface area contributed by atoms with Crippen molar-refractivity contribution in [1.29, 1.82) is 0 Å². The van der Waals surface area contributed by atoms with Crippen molar-refractivity contribution in [1.82, 2.24) is 0 Å². The Kier molecular flexibility index (Phi) is 10.7. The molecule has 5 heteroatoms. The number of hydrogen-bond donors (Lipinski definition) is 0. The maximum absolute atomic E-state index is 2.28. The van der Waals surface area contributed by atoms with Crippen molar-refractivity contribution in [3.8, 4) is 0 Å². The van der Waals surface area contributed by atoms with Gasteiger partial charge in [-0.15, -0.1) is 0 Å². The number of fused-ring (bicyclic) bond motifs is 4. The van der Waals surface area contributed by atoms with Gasteiger partial charge in [0.25, 0.3) is 0 Å². The molecule has 0 atom stereocenters. The van der Waals surface area contributed by atoms with Gasteiger partial charge in [0, 0.05) is 10.6 Å². The minimum atomic E-state index is 0. The number of halogens is 2. The molecule has 4 aliphatic rings. The maximum atomic E-state index is 2.28. The SMILES string of the molecule is CC1=PC2=C(C)C=CC2=C1c1cccc2ccccc12.CC1=PC2=C(C)C=CC2=C1c1cccc2ccccc12.[Cl-].[Cl-].[Zr+2]. The normalized spacial score (nSPS) is 16.7. The van der Waals surface area contributed by atoms with Crippen LogP contribution in [0.1, 0.15) is 38.8 Å². The summed E-state index contributed by atoms with van der Waals surface area (Å²) >= 11 is 0. The quantitative estimate of drug-likeness (QED) is 0.252. The Balaban J connectivity index is 0.000000184. The summed E-state index contributed by atoms with van der Waals surface area (Å²) in [5, 5.41) is 11.3. The molecule has 0 N–H and O–H groups in total. The van der Waals surface area contributed by atoms with Gasteiger partial charge in [-0.25, -0.2) is 0 Å². The van der Waals surface area contributed by atoms with Crippen molar-refractivity contribution in [2.75, 3.05) is 0 Å². The summed E-state index contributed by atoms with van der Waals surface area (Å²) in [6.07, 6.45) is 9.06. The van der Waals surface area contributed by atoms with Crippen molar-refractivity contribution < 1.29 is 51.0 Å². The van der Waals surface area contributed by atoms with Crippen molar-refractivity contribution in [3.63, 3.8) is 0 Å². The Morgan fingerprint density at radius 1 is 0.442 bits per heavy atom. The van der Waals surface area contributed by atoms with E-state index in [0.29, 0.717) is 0 Å². The summed E-state index contributed by atoms with van der Waals surface area (Å²) in [6.45, 7) is 8.95. The largest absolute Gasteiger partial charge is 2.00 e. The fourth-order valence-corrected chi connectivity index (χ4v) is 8.75. The Hall–Kier alpha value is -2.36. The Morgan fingerprint density at radius 2 is 0.814 bits per heavy atom. The Labute approximate surface area is 289 Å². The molecule has 0 radical (unpaired) electrons. The molecule has 0 unspecified atom stereocenters. The van der Waals surface area contributed by atoms with Gasteiger partial charge in [0.1, 0.15) is 0 Å². The van der Waals surface area contributed by atoms with Crippen LogP contribution >= 0.6 is 16.4 Å². The van der Waals surface area contributed by atoms with Crippen molar-refractivity contribution >= 4 is 59.7 Å². The van der Waals surface area contributed by atoms with Crippen molar-refractivity contribution in [3.05, 3.63) is 153 Å². The van der Waals surface area contributed by atoms with Crippen LogP contribution in [0, 0.1) is 0 Å². The molecule has 0 fully saturated rings. The fraction of sp³-hybridized carbons (Fsp3) is 0.105. The summed E-state index contributed by atoms with van der Waals surface area (Å²) < 4.78 is 0. The summed E-state index contributed by atoms with van der Waals surface area (Å²) in [5.41, 5.74) is 11.3. The van der Waals surface area contributed by atoms with Crippen LogP contribution in [0.5, 0.6) is 0 Å². The van der Waals surface area contributed by atoms with Gasteiger partial charge in [-0.3, -0.25) is 0 Å². The van der Waals surface area contributed by atoms with Crippen molar-refractivity contribution in [2.24, 2.45) is 0 Å². The monoisotopic (exact) mass is 708 g/mol. The number of allylic oxidation sites excluding steroid dienone is 12. The van der Waals surface area contributed by atoms with Gasteiger partial charge in [0.05, 0.1) is 0 Å². The molecule has 0 nitrogen and oxygen atoms in total. The first-order valence-electron chi connectivity index (χ1n) is 13.9. The van der Waals surface area contributed by atoms with Crippen molar-refractivity contribution in [2.45, 2.75) is 27.7 Å². The first kappa shape index (κ1) is 33.5. The molecule has 0 bridgehead atoms. The molecule has 210 valence electrons. The molecule has 4 aromatic carbocycles. The molecular formula is C38H30Cl2P2Zr. The van der Waals surface area contributed by atoms with Gasteiger partial charge in [-0.1, -0.05) is 126 Å². The van der Waals surface area contributed by atoms with E-state index in [0.717, 1.165) is 0 Å². The van der Waals surface area contributed by atoms with Crippen LogP contribution in [0.4, 0.5) is 0 Å². The second kappa shape index (κ2) is 13.7. The zero-order valence-corrected chi connectivity index (χ0v) is 30.3. The van der Waals surface area contributed by atoms with Crippen LogP contribution in [-0.2, 0) is 26.2 Å². The second-order valence-electron chi connectivity index (χ2n) is 10.8. The minimum Gasteiger partial charge on any atom is -1.00 e. The average molecular weight is 711 g/mol. The number of benzene rings is 4. The van der Waals surface area contributed by atoms with Crippen LogP contribution in [0.15, 0.2) is 142 Å². The average Bonchev–Trinajstić information content (AvgIpc) is 3.70. The molecule has 43 heavy (non-hydrogen) atoms. The van der Waals surface area contributed by atoms with Gasteiger partial charge in [-0.05, 0) is 104 Å². The molecule has 0 spiro atoms. The summed E-state index contributed by atoms with van der Waals surface area (Å²) in [6, 6.07) is 30.6. The third-order valence-electron chi connectivity index (χ3n) is 8.20. The van der Waals surface area contributed by atoms with E-state index in [2.05, 4.69) is 137 Å². The van der Waals surface area contributed by atoms with Crippen LogP contribution in [0.3, 0.4) is 0 Å². The van der Waals surface area contributed by atoms with Crippen LogP contribution in [-0.4, -0.2) is 10.6 Å². The van der Waals surface area contributed by atoms with Gasteiger partial charge in [-0.2, -0.15) is 0 Å². The van der Waals surface area contributed by atoms with Gasteiger partial charge in [0.2, 0.25) is 0 Å². The van der Waals surface area contributed by atoms with Gasteiger partial charge in [0.15, 0.2) is 0 Å². The van der Waals surface area contributed by atoms with E-state index in [-0.39, 0.29) is 51.0 Å². The van der Waals surface area contributed by atoms with Crippen LogP contribution in [0.2, 0.25) is 0 Å². The first-order valence-corrected chi connectivity index (χ1v) is 15.6. The molecule has 4 aromatic rings. The number of rotatable bonds is 2. The van der Waals surface area contributed by atoms with E-state index in [1.165, 1.54) is 104 Å². The molecule has 0 saturated carbocycles. The van der Waals surface area contributed by atoms with E-state index < -0.39 is 0 Å². The molecule has 0 aromatic heterocycles.